The number of halogens is 1. The van der Waals surface area contributed by atoms with Crippen molar-refractivity contribution in [3.8, 4) is 0 Å². The summed E-state index contributed by atoms with van der Waals surface area (Å²) in [6, 6.07) is 5.58. The normalized spacial score (nSPS) is 21.3. The Labute approximate surface area is 128 Å². The molecule has 2 aromatic rings. The summed E-state index contributed by atoms with van der Waals surface area (Å²) in [6.45, 7) is 6.30. The maximum Gasteiger partial charge on any atom is 0.178 e. The van der Waals surface area contributed by atoms with E-state index in [1.54, 1.807) is 6.07 Å². The average Bonchev–Trinajstić information content (AvgIpc) is 3.02. The second-order valence-electron chi connectivity index (χ2n) is 6.53. The van der Waals surface area contributed by atoms with Crippen LogP contribution in [-0.4, -0.2) is 26.4 Å². The Bertz CT molecular complexity index is 675. The minimum atomic E-state index is -0.0563. The molecule has 1 aliphatic rings. The Morgan fingerprint density at radius 2 is 2.14 bits per heavy atom. The van der Waals surface area contributed by atoms with Crippen LogP contribution in [0.15, 0.2) is 18.2 Å². The number of benzene rings is 1. The van der Waals surface area contributed by atoms with Crippen LogP contribution in [0.5, 0.6) is 0 Å². The van der Waals surface area contributed by atoms with E-state index in [1.165, 1.54) is 0 Å². The van der Waals surface area contributed by atoms with Gasteiger partial charge in [0, 0.05) is 22.4 Å². The van der Waals surface area contributed by atoms with Crippen molar-refractivity contribution in [3.63, 3.8) is 0 Å². The van der Waals surface area contributed by atoms with Crippen LogP contribution in [0.4, 0.5) is 0 Å². The number of tetrazole rings is 1. The molecule has 0 radical (unpaired) electrons. The Hall–Kier alpha value is -1.75. The fourth-order valence-corrected chi connectivity index (χ4v) is 3.05. The van der Waals surface area contributed by atoms with Crippen LogP contribution < -0.4 is 0 Å². The molecule has 1 heterocycles. The molecule has 0 bridgehead atoms. The van der Waals surface area contributed by atoms with Gasteiger partial charge in [-0.3, -0.25) is 4.79 Å². The Morgan fingerprint density at radius 3 is 2.71 bits per heavy atom. The highest BCUT2D eigenvalue weighted by Gasteiger charge is 2.46. The first-order valence-corrected chi connectivity index (χ1v) is 7.33. The highest BCUT2D eigenvalue weighted by Crippen LogP contribution is 2.47. The van der Waals surface area contributed by atoms with Crippen molar-refractivity contribution in [1.29, 1.82) is 0 Å². The molecule has 3 rings (SSSR count). The number of carbonyl (C=O) groups excluding carboxylic acids is 1. The first-order valence-electron chi connectivity index (χ1n) is 6.95. The molecule has 1 aliphatic carbocycles. The second kappa shape index (κ2) is 4.91. The molecule has 0 unspecified atom stereocenters. The minimum absolute atomic E-state index is 0.0363. The lowest BCUT2D eigenvalue weighted by Crippen LogP contribution is -2.13. The van der Waals surface area contributed by atoms with Crippen LogP contribution in [0.25, 0.3) is 0 Å². The smallest absolute Gasteiger partial charge is 0.178 e. The molecule has 2 atom stereocenters. The molecule has 1 fully saturated rings. The lowest BCUT2D eigenvalue weighted by Gasteiger charge is -2.20. The molecule has 1 aromatic carbocycles. The van der Waals surface area contributed by atoms with Crippen molar-refractivity contribution in [2.24, 2.45) is 5.92 Å². The van der Waals surface area contributed by atoms with Gasteiger partial charge in [-0.05, 0) is 23.5 Å². The first-order chi connectivity index (χ1) is 9.88. The Morgan fingerprint density at radius 1 is 1.38 bits per heavy atom. The molecule has 0 amide bonds. The molecule has 1 N–H and O–H groups in total. The zero-order chi connectivity index (χ0) is 15.2. The van der Waals surface area contributed by atoms with Gasteiger partial charge in [-0.1, -0.05) is 49.7 Å². The van der Waals surface area contributed by atoms with E-state index < -0.39 is 0 Å². The van der Waals surface area contributed by atoms with Gasteiger partial charge < -0.3 is 0 Å². The lowest BCUT2D eigenvalue weighted by atomic mass is 9.86. The van der Waals surface area contributed by atoms with Crippen molar-refractivity contribution in [2.75, 3.05) is 0 Å². The van der Waals surface area contributed by atoms with Gasteiger partial charge in [0.25, 0.3) is 0 Å². The number of ketones is 1. The van der Waals surface area contributed by atoms with Gasteiger partial charge in [-0.2, -0.15) is 5.21 Å². The number of aromatic nitrogens is 4. The topological polar surface area (TPSA) is 71.5 Å². The number of carbonyl (C=O) groups is 1. The number of H-pyrrole nitrogens is 1. The fraction of sp³-hybridized carbons (Fsp3) is 0.467. The van der Waals surface area contributed by atoms with E-state index >= 15 is 0 Å². The lowest BCUT2D eigenvalue weighted by molar-refractivity contribution is 0.0964. The Balaban J connectivity index is 1.79. The summed E-state index contributed by atoms with van der Waals surface area (Å²) in [7, 11) is 0. The number of aromatic amines is 1. The SMILES string of the molecule is CC(C)(C)c1ccc(C(=O)[C@H]2C[C@@H]2c2nn[nH]n2)cc1Cl. The third-order valence-corrected chi connectivity index (χ3v) is 4.19. The number of nitrogens with zero attached hydrogens (tertiary/aromatic N) is 3. The van der Waals surface area contributed by atoms with Gasteiger partial charge in [-0.15, -0.1) is 10.2 Å². The maximum absolute atomic E-state index is 12.5. The quantitative estimate of drug-likeness (QED) is 0.884. The summed E-state index contributed by atoms with van der Waals surface area (Å²) < 4.78 is 0. The minimum Gasteiger partial charge on any atom is -0.294 e. The largest absolute Gasteiger partial charge is 0.294 e. The van der Waals surface area contributed by atoms with Crippen LogP contribution in [-0.2, 0) is 5.41 Å². The van der Waals surface area contributed by atoms with E-state index in [4.69, 9.17) is 11.6 Å². The molecule has 110 valence electrons. The highest BCUT2D eigenvalue weighted by atomic mass is 35.5. The monoisotopic (exact) mass is 304 g/mol. The molecule has 6 heteroatoms. The van der Waals surface area contributed by atoms with Crippen LogP contribution >= 0.6 is 11.6 Å². The van der Waals surface area contributed by atoms with E-state index in [2.05, 4.69) is 41.4 Å². The van der Waals surface area contributed by atoms with Crippen LogP contribution in [0.1, 0.15) is 54.9 Å². The van der Waals surface area contributed by atoms with Crippen molar-refractivity contribution < 1.29 is 4.79 Å². The molecule has 0 aliphatic heterocycles. The van der Waals surface area contributed by atoms with Crippen LogP contribution in [0.3, 0.4) is 0 Å². The first kappa shape index (κ1) is 14.2. The number of nitrogens with one attached hydrogen (secondary N) is 1. The molecule has 0 saturated heterocycles. The standard InChI is InChI=1S/C15H17ClN4O/c1-15(2,3)11-5-4-8(6-12(11)16)13(21)9-7-10(9)14-17-19-20-18-14/h4-6,9-10H,7H2,1-3H3,(H,17,18,19,20)/t9-,10-/m0/s1. The molecule has 5 nitrogen and oxygen atoms in total. The van der Waals surface area contributed by atoms with Crippen molar-refractivity contribution in [1.82, 2.24) is 20.6 Å². The van der Waals surface area contributed by atoms with Gasteiger partial charge >= 0.3 is 0 Å². The molecule has 1 aromatic heterocycles. The molecular formula is C15H17ClN4O. The number of Topliss-reactive ketones (excluding diaryl/α,β-unsaturated/α-hetero) is 1. The predicted molar refractivity (Wildman–Crippen MR) is 79.5 cm³/mol. The van der Waals surface area contributed by atoms with Crippen molar-refractivity contribution in [2.45, 2.75) is 38.5 Å². The summed E-state index contributed by atoms with van der Waals surface area (Å²) in [5, 5.41) is 14.5. The summed E-state index contributed by atoms with van der Waals surface area (Å²) in [4.78, 5) is 12.5. The van der Waals surface area contributed by atoms with E-state index in [9.17, 15) is 4.79 Å². The summed E-state index contributed by atoms with van der Waals surface area (Å²) in [5.74, 6) is 0.745. The van der Waals surface area contributed by atoms with E-state index in [1.807, 2.05) is 12.1 Å². The van der Waals surface area contributed by atoms with Gasteiger partial charge in [-0.25, -0.2) is 0 Å². The average molecular weight is 305 g/mol. The zero-order valence-corrected chi connectivity index (χ0v) is 13.0. The second-order valence-corrected chi connectivity index (χ2v) is 6.93. The van der Waals surface area contributed by atoms with Gasteiger partial charge in [0.2, 0.25) is 0 Å². The van der Waals surface area contributed by atoms with Gasteiger partial charge in [0.05, 0.1) is 0 Å². The molecular weight excluding hydrogens is 288 g/mol. The Kier molecular flexibility index (Phi) is 3.32. The fourth-order valence-electron chi connectivity index (χ4n) is 2.59. The van der Waals surface area contributed by atoms with Crippen LogP contribution in [0, 0.1) is 5.92 Å². The maximum atomic E-state index is 12.5. The van der Waals surface area contributed by atoms with Gasteiger partial charge in [0.15, 0.2) is 11.6 Å². The number of rotatable bonds is 3. The molecule has 0 spiro atoms. The molecule has 21 heavy (non-hydrogen) atoms. The predicted octanol–water partition coefficient (Wildman–Crippen LogP) is 3.14. The number of hydrogen-bond acceptors (Lipinski definition) is 4. The van der Waals surface area contributed by atoms with Crippen molar-refractivity contribution >= 4 is 17.4 Å². The third-order valence-electron chi connectivity index (χ3n) is 3.88. The van der Waals surface area contributed by atoms with E-state index in [0.29, 0.717) is 16.4 Å². The van der Waals surface area contributed by atoms with Gasteiger partial charge in [0.1, 0.15) is 0 Å². The number of hydrogen-bond donors (Lipinski definition) is 1. The summed E-state index contributed by atoms with van der Waals surface area (Å²) in [5.41, 5.74) is 1.67. The third kappa shape index (κ3) is 2.70. The highest BCUT2D eigenvalue weighted by molar-refractivity contribution is 6.32. The van der Waals surface area contributed by atoms with Crippen molar-refractivity contribution in [3.05, 3.63) is 40.2 Å². The summed E-state index contributed by atoms with van der Waals surface area (Å²) >= 11 is 6.33. The zero-order valence-electron chi connectivity index (χ0n) is 12.2. The summed E-state index contributed by atoms with van der Waals surface area (Å²) in [6.07, 6.45) is 0.775. The van der Waals surface area contributed by atoms with E-state index in [0.717, 1.165) is 12.0 Å². The van der Waals surface area contributed by atoms with E-state index in [-0.39, 0.29) is 23.0 Å². The van der Waals surface area contributed by atoms with Crippen LogP contribution in [0.2, 0.25) is 5.02 Å². The molecule has 1 saturated carbocycles.